The van der Waals surface area contributed by atoms with Gasteiger partial charge in [-0.2, -0.15) is 0 Å². The maximum absolute atomic E-state index is 12.1. The zero-order valence-corrected chi connectivity index (χ0v) is 32.9. The standard InChI is InChI=1S/C27H30NO6S2.Re.Rf/c1-15-16(2)24-20(17(3)23(15)33-22(29)13-35-5)10-11-27(4,34-24)14-32-19-8-6-18(7-9-19)12-21-25(30)28-26(31)36-21;;/h6-9,13,21H,10-12,14H2,1-5H3,(H,28,30,31);;/q-1;;. The van der Waals surface area contributed by atoms with Crippen molar-refractivity contribution in [3.63, 3.8) is 0 Å². The number of carbonyl (C=O) groups is 3. The van der Waals surface area contributed by atoms with Gasteiger partial charge in [0, 0.05) is 26.0 Å². The molecule has 2 aliphatic heterocycles. The van der Waals surface area contributed by atoms with Crippen LogP contribution in [0.3, 0.4) is 0 Å². The maximum atomic E-state index is 12.1. The Morgan fingerprint density at radius 1 is 1.18 bits per heavy atom. The summed E-state index contributed by atoms with van der Waals surface area (Å²) >= 11 is 2.35. The fourth-order valence-electron chi connectivity index (χ4n) is 4.46. The summed E-state index contributed by atoms with van der Waals surface area (Å²) in [6, 6.07) is 7.58. The molecule has 2 aromatic carbocycles. The number of benzene rings is 2. The zero-order valence-electron chi connectivity index (χ0n) is 22.1. The SMILES string of the molecule is CS[CH-]C(=O)Oc1c(C)c(C)c2c(c1C)CCC(C)(COc1ccc(CC3SC(=O)NC3=O)cc1)O2.[Re].[Rf]. The number of rotatable bonds is 8. The van der Waals surface area contributed by atoms with Crippen molar-refractivity contribution >= 4 is 40.6 Å². The minimum atomic E-state index is -0.515. The zero-order chi connectivity index (χ0) is 26.0. The molecule has 0 saturated carbocycles. The molecule has 1 N–H and O–H groups in total. The molecule has 4 rings (SSSR count). The summed E-state index contributed by atoms with van der Waals surface area (Å²) in [7, 11) is 0. The summed E-state index contributed by atoms with van der Waals surface area (Å²) in [5.74, 6) is 3.02. The average molecular weight is 982 g/mol. The minimum absolute atomic E-state index is 0. The van der Waals surface area contributed by atoms with Crippen molar-refractivity contribution in [3.8, 4) is 17.2 Å². The van der Waals surface area contributed by atoms with Crippen molar-refractivity contribution in [1.82, 2.24) is 5.32 Å². The molecule has 2 atom stereocenters. The Bertz CT molecular complexity index is 1210. The van der Waals surface area contributed by atoms with Crippen LogP contribution in [-0.2, 0) is 42.9 Å². The Morgan fingerprint density at radius 3 is 2.47 bits per heavy atom. The number of fused-ring (bicyclic) bond motifs is 1. The summed E-state index contributed by atoms with van der Waals surface area (Å²) in [6.45, 7) is 8.33. The van der Waals surface area contributed by atoms with E-state index < -0.39 is 5.60 Å². The van der Waals surface area contributed by atoms with Crippen LogP contribution in [0.1, 0.15) is 41.2 Å². The van der Waals surface area contributed by atoms with Gasteiger partial charge in [-0.3, -0.25) is 19.7 Å². The molecule has 11 heteroatoms. The smallest absolute Gasteiger partial charge is 0.286 e. The molecule has 201 valence electrons. The first-order valence-electron chi connectivity index (χ1n) is 11.7. The average Bonchev–Trinajstić information content (AvgIpc) is 3.16. The van der Waals surface area contributed by atoms with Crippen LogP contribution in [0.4, 0.5) is 4.79 Å². The number of nitrogens with one attached hydrogen (secondary N) is 1. The fraction of sp³-hybridized carbons (Fsp3) is 0.407. The van der Waals surface area contributed by atoms with Gasteiger partial charge in [0.1, 0.15) is 29.5 Å². The van der Waals surface area contributed by atoms with Gasteiger partial charge in [-0.25, -0.2) is 5.75 Å². The minimum Gasteiger partial charge on any atom is -0.489 e. The van der Waals surface area contributed by atoms with Gasteiger partial charge in [0.2, 0.25) is 5.91 Å². The maximum Gasteiger partial charge on any atom is 0.286 e. The summed E-state index contributed by atoms with van der Waals surface area (Å²) < 4.78 is 18.3. The Balaban J connectivity index is 0.00000253. The van der Waals surface area contributed by atoms with Crippen LogP contribution in [-0.4, -0.2) is 40.8 Å². The molecule has 7 nitrogen and oxygen atoms in total. The number of thioether (sulfide) groups is 2. The van der Waals surface area contributed by atoms with Crippen molar-refractivity contribution in [2.45, 2.75) is 57.8 Å². The normalized spacial score (nSPS) is 19.8. The molecule has 0 aliphatic carbocycles. The quantitative estimate of drug-likeness (QED) is 0.223. The van der Waals surface area contributed by atoms with Crippen molar-refractivity contribution in [2.75, 3.05) is 12.9 Å². The number of carbonyl (C=O) groups excluding carboxylic acids is 3. The molecule has 2 aromatic rings. The molecule has 2 heterocycles. The predicted molar refractivity (Wildman–Crippen MR) is 142 cm³/mol. The molecule has 0 bridgehead atoms. The number of ether oxygens (including phenoxy) is 3. The van der Waals surface area contributed by atoms with E-state index in [1.54, 1.807) is 0 Å². The van der Waals surface area contributed by atoms with Crippen LogP contribution in [0.25, 0.3) is 0 Å². The van der Waals surface area contributed by atoms with Crippen LogP contribution in [0.2, 0.25) is 0 Å². The molecule has 0 spiro atoms. The van der Waals surface area contributed by atoms with Crippen LogP contribution >= 0.6 is 23.5 Å². The van der Waals surface area contributed by atoms with Crippen molar-refractivity contribution in [2.24, 2.45) is 0 Å². The Morgan fingerprint density at radius 2 is 1.87 bits per heavy atom. The van der Waals surface area contributed by atoms with Gasteiger partial charge in [0.25, 0.3) is 5.24 Å². The Kier molecular flexibility index (Phi) is 10.3. The Labute approximate surface area is 239 Å². The topological polar surface area (TPSA) is 90.9 Å². The van der Waals surface area contributed by atoms with Crippen molar-refractivity contribution in [3.05, 3.63) is 57.8 Å². The van der Waals surface area contributed by atoms with Crippen LogP contribution < -0.4 is 19.5 Å². The number of hydrogen-bond donors (Lipinski definition) is 1. The third-order valence-corrected chi connectivity index (χ3v) is 8.05. The van der Waals surface area contributed by atoms with E-state index >= 15 is 0 Å². The van der Waals surface area contributed by atoms with Gasteiger partial charge in [-0.05, 0) is 87.6 Å². The van der Waals surface area contributed by atoms with E-state index in [-0.39, 0.29) is 42.8 Å². The molecule has 38 heavy (non-hydrogen) atoms. The van der Waals surface area contributed by atoms with Gasteiger partial charge in [-0.15, -0.1) is 0 Å². The largest absolute Gasteiger partial charge is 0.489 e. The Hall–Kier alpha value is -3.12. The first kappa shape index (κ1) is 31.1. The molecule has 2 aliphatic rings. The van der Waals surface area contributed by atoms with Crippen molar-refractivity contribution < 1.29 is 49.0 Å². The van der Waals surface area contributed by atoms with E-state index in [2.05, 4.69) is 5.32 Å². The van der Waals surface area contributed by atoms with Gasteiger partial charge in [-0.1, -0.05) is 23.9 Å². The summed E-state index contributed by atoms with van der Waals surface area (Å²) in [4.78, 5) is 35.2. The second kappa shape index (κ2) is 12.6. The molecule has 1 fully saturated rings. The second-order valence-electron chi connectivity index (χ2n) is 9.36. The van der Waals surface area contributed by atoms with Gasteiger partial charge in [0.05, 0.1) is 5.25 Å². The predicted octanol–water partition coefficient (Wildman–Crippen LogP) is 5.10. The van der Waals surface area contributed by atoms with Crippen LogP contribution in [0.5, 0.6) is 17.2 Å². The third kappa shape index (κ3) is 6.65. The third-order valence-electron chi connectivity index (χ3n) is 6.64. The molecule has 0 aromatic heterocycles. The number of imide groups is 1. The number of esters is 1. The summed E-state index contributed by atoms with van der Waals surface area (Å²) in [5, 5.41) is 1.64. The van der Waals surface area contributed by atoms with Crippen LogP contribution in [0, 0.1) is 26.5 Å². The van der Waals surface area contributed by atoms with E-state index in [4.69, 9.17) is 14.2 Å². The van der Waals surface area contributed by atoms with E-state index in [1.807, 2.05) is 58.2 Å². The van der Waals surface area contributed by atoms with E-state index in [9.17, 15) is 14.4 Å². The monoisotopic (exact) mass is 982 g/mol. The molecule has 1 radical (unpaired) electrons. The van der Waals surface area contributed by atoms with E-state index in [0.717, 1.165) is 58.2 Å². The first-order valence-corrected chi connectivity index (χ1v) is 13.9. The summed E-state index contributed by atoms with van der Waals surface area (Å²) in [5.41, 5.74) is 4.31. The molecule has 2 unspecified atom stereocenters. The number of amides is 2. The molecular formula is C27H30NO6ReRfS2-. The van der Waals surface area contributed by atoms with Crippen LogP contribution in [0.15, 0.2) is 24.3 Å². The van der Waals surface area contributed by atoms with E-state index in [0.29, 0.717) is 24.5 Å². The van der Waals surface area contributed by atoms with Gasteiger partial charge >= 0.3 is 0 Å². The fourth-order valence-corrected chi connectivity index (χ4v) is 5.56. The van der Waals surface area contributed by atoms with Gasteiger partial charge in [0.15, 0.2) is 5.97 Å². The molecule has 2 amide bonds. The first-order chi connectivity index (χ1) is 17.1. The molecule has 1 saturated heterocycles. The van der Waals surface area contributed by atoms with Crippen molar-refractivity contribution in [1.29, 1.82) is 0 Å². The second-order valence-corrected chi connectivity index (χ2v) is 11.2. The van der Waals surface area contributed by atoms with Gasteiger partial charge < -0.3 is 26.0 Å². The summed E-state index contributed by atoms with van der Waals surface area (Å²) in [6.07, 6.45) is 3.86. The molecular weight excluding hydrogens is 952 g/mol. The van der Waals surface area contributed by atoms with E-state index in [1.165, 1.54) is 17.5 Å². The number of hydrogen-bond acceptors (Lipinski definition) is 8.